The standard InChI is InChI=1S/C7H9NO3S/c1-11-2-4-3-12-6(8)5(4)7(9)10/h3H,2,8H2,1H3,(H,9,10). The van der Waals surface area contributed by atoms with E-state index in [1.165, 1.54) is 18.4 Å². The molecule has 5 heteroatoms. The van der Waals surface area contributed by atoms with Crippen molar-refractivity contribution in [1.82, 2.24) is 0 Å². The molecule has 3 N–H and O–H groups in total. The fourth-order valence-corrected chi connectivity index (χ4v) is 1.71. The zero-order valence-corrected chi connectivity index (χ0v) is 7.35. The van der Waals surface area contributed by atoms with Crippen molar-refractivity contribution in [2.24, 2.45) is 0 Å². The van der Waals surface area contributed by atoms with Crippen LogP contribution in [0.1, 0.15) is 15.9 Å². The minimum Gasteiger partial charge on any atom is -0.478 e. The molecule has 1 rings (SSSR count). The minimum absolute atomic E-state index is 0.168. The Labute approximate surface area is 73.6 Å². The van der Waals surface area contributed by atoms with Gasteiger partial charge >= 0.3 is 5.97 Å². The van der Waals surface area contributed by atoms with Gasteiger partial charge in [-0.25, -0.2) is 4.79 Å². The summed E-state index contributed by atoms with van der Waals surface area (Å²) >= 11 is 1.22. The molecule has 66 valence electrons. The first-order valence-corrected chi connectivity index (χ1v) is 4.13. The molecule has 0 saturated carbocycles. The summed E-state index contributed by atoms with van der Waals surface area (Å²) in [6, 6.07) is 0. The smallest absolute Gasteiger partial charge is 0.339 e. The molecule has 0 spiro atoms. The van der Waals surface area contributed by atoms with Gasteiger partial charge < -0.3 is 15.6 Å². The molecule has 0 saturated heterocycles. The number of hydrogen-bond donors (Lipinski definition) is 2. The van der Waals surface area contributed by atoms with Gasteiger partial charge in [-0.3, -0.25) is 0 Å². The second-order valence-corrected chi connectivity index (χ2v) is 3.15. The van der Waals surface area contributed by atoms with E-state index in [1.807, 2.05) is 0 Å². The third kappa shape index (κ3) is 1.57. The molecular formula is C7H9NO3S. The maximum atomic E-state index is 10.6. The topological polar surface area (TPSA) is 72.5 Å². The van der Waals surface area contributed by atoms with Gasteiger partial charge in [0.2, 0.25) is 0 Å². The van der Waals surface area contributed by atoms with Crippen molar-refractivity contribution in [3.8, 4) is 0 Å². The van der Waals surface area contributed by atoms with Gasteiger partial charge in [0.25, 0.3) is 0 Å². The van der Waals surface area contributed by atoms with Crippen molar-refractivity contribution in [3.05, 3.63) is 16.5 Å². The number of carboxylic acid groups (broad SMARTS) is 1. The molecule has 0 amide bonds. The second kappa shape index (κ2) is 3.55. The number of nitrogen functional groups attached to an aromatic ring is 1. The number of aromatic carboxylic acids is 1. The highest BCUT2D eigenvalue weighted by atomic mass is 32.1. The largest absolute Gasteiger partial charge is 0.478 e. The molecule has 1 heterocycles. The van der Waals surface area contributed by atoms with Crippen molar-refractivity contribution in [1.29, 1.82) is 0 Å². The van der Waals surface area contributed by atoms with E-state index in [-0.39, 0.29) is 12.2 Å². The lowest BCUT2D eigenvalue weighted by atomic mass is 10.2. The third-order valence-electron chi connectivity index (χ3n) is 1.41. The summed E-state index contributed by atoms with van der Waals surface area (Å²) in [5.74, 6) is -0.999. The molecule has 0 aliphatic heterocycles. The number of carbonyl (C=O) groups is 1. The minimum atomic E-state index is -0.999. The number of rotatable bonds is 3. The Kier molecular flexibility index (Phi) is 2.67. The summed E-state index contributed by atoms with van der Waals surface area (Å²) < 4.78 is 4.82. The summed E-state index contributed by atoms with van der Waals surface area (Å²) in [6.07, 6.45) is 0. The van der Waals surface area contributed by atoms with Gasteiger partial charge in [-0.1, -0.05) is 0 Å². The van der Waals surface area contributed by atoms with Crippen LogP contribution in [0.4, 0.5) is 5.00 Å². The van der Waals surface area contributed by atoms with Crippen LogP contribution in [0.3, 0.4) is 0 Å². The van der Waals surface area contributed by atoms with E-state index < -0.39 is 5.97 Å². The highest BCUT2D eigenvalue weighted by molar-refractivity contribution is 7.14. The van der Waals surface area contributed by atoms with Crippen LogP contribution in [0.25, 0.3) is 0 Å². The Morgan fingerprint density at radius 2 is 2.50 bits per heavy atom. The zero-order valence-electron chi connectivity index (χ0n) is 6.53. The predicted molar refractivity (Wildman–Crippen MR) is 46.4 cm³/mol. The van der Waals surface area contributed by atoms with E-state index >= 15 is 0 Å². The Hall–Kier alpha value is -1.07. The van der Waals surface area contributed by atoms with Gasteiger partial charge in [-0.2, -0.15) is 0 Å². The molecule has 0 aliphatic rings. The van der Waals surface area contributed by atoms with Gasteiger partial charge in [-0.15, -0.1) is 11.3 Å². The van der Waals surface area contributed by atoms with Gasteiger partial charge in [0.05, 0.1) is 12.2 Å². The number of anilines is 1. The highest BCUT2D eigenvalue weighted by Crippen LogP contribution is 2.25. The number of nitrogens with two attached hydrogens (primary N) is 1. The van der Waals surface area contributed by atoms with Crippen molar-refractivity contribution >= 4 is 22.3 Å². The van der Waals surface area contributed by atoms with E-state index in [2.05, 4.69) is 0 Å². The van der Waals surface area contributed by atoms with E-state index in [0.29, 0.717) is 10.6 Å². The van der Waals surface area contributed by atoms with Gasteiger partial charge in [0.15, 0.2) is 0 Å². The van der Waals surface area contributed by atoms with Crippen molar-refractivity contribution in [3.63, 3.8) is 0 Å². The van der Waals surface area contributed by atoms with Crippen LogP contribution in [0, 0.1) is 0 Å². The summed E-state index contributed by atoms with van der Waals surface area (Å²) in [5, 5.41) is 10.8. The molecule has 0 bridgehead atoms. The van der Waals surface area contributed by atoms with Crippen LogP contribution < -0.4 is 5.73 Å². The number of hydrogen-bond acceptors (Lipinski definition) is 4. The number of thiophene rings is 1. The fraction of sp³-hybridized carbons (Fsp3) is 0.286. The fourth-order valence-electron chi connectivity index (χ4n) is 0.915. The quantitative estimate of drug-likeness (QED) is 0.745. The average molecular weight is 187 g/mol. The number of ether oxygens (including phenoxy) is 1. The Morgan fingerprint density at radius 1 is 1.83 bits per heavy atom. The predicted octanol–water partition coefficient (Wildman–Crippen LogP) is 1.17. The molecule has 0 aromatic carbocycles. The third-order valence-corrected chi connectivity index (χ3v) is 2.27. The highest BCUT2D eigenvalue weighted by Gasteiger charge is 2.15. The van der Waals surface area contributed by atoms with E-state index in [0.717, 1.165) is 0 Å². The maximum absolute atomic E-state index is 10.6. The van der Waals surface area contributed by atoms with Crippen molar-refractivity contribution in [2.45, 2.75) is 6.61 Å². The molecule has 0 atom stereocenters. The molecule has 0 aliphatic carbocycles. The molecule has 0 unspecified atom stereocenters. The first-order chi connectivity index (χ1) is 5.66. The Morgan fingerprint density at radius 3 is 3.00 bits per heavy atom. The molecular weight excluding hydrogens is 178 g/mol. The van der Waals surface area contributed by atoms with Crippen LogP contribution in [-0.2, 0) is 11.3 Å². The molecule has 12 heavy (non-hydrogen) atoms. The molecule has 0 fully saturated rings. The summed E-state index contributed by atoms with van der Waals surface area (Å²) in [5.41, 5.74) is 6.26. The van der Waals surface area contributed by atoms with E-state index in [4.69, 9.17) is 15.6 Å². The van der Waals surface area contributed by atoms with Gasteiger partial charge in [0.1, 0.15) is 5.00 Å². The first kappa shape index (κ1) is 9.02. The number of methoxy groups -OCH3 is 1. The van der Waals surface area contributed by atoms with Gasteiger partial charge in [0, 0.05) is 12.7 Å². The van der Waals surface area contributed by atoms with E-state index in [9.17, 15) is 4.79 Å². The Balaban J connectivity index is 3.04. The normalized spacial score (nSPS) is 10.1. The lowest BCUT2D eigenvalue weighted by Crippen LogP contribution is -2.03. The second-order valence-electron chi connectivity index (χ2n) is 2.24. The summed E-state index contributed by atoms with van der Waals surface area (Å²) in [6.45, 7) is 0.287. The number of carboxylic acids is 1. The maximum Gasteiger partial charge on any atom is 0.339 e. The van der Waals surface area contributed by atoms with Crippen LogP contribution in [-0.4, -0.2) is 18.2 Å². The first-order valence-electron chi connectivity index (χ1n) is 3.25. The van der Waals surface area contributed by atoms with Gasteiger partial charge in [-0.05, 0) is 5.38 Å². The average Bonchev–Trinajstić information content (AvgIpc) is 2.32. The van der Waals surface area contributed by atoms with E-state index in [1.54, 1.807) is 5.38 Å². The van der Waals surface area contributed by atoms with Crippen LogP contribution >= 0.6 is 11.3 Å². The van der Waals surface area contributed by atoms with Crippen LogP contribution in [0.5, 0.6) is 0 Å². The molecule has 1 aromatic heterocycles. The molecule has 1 aromatic rings. The summed E-state index contributed by atoms with van der Waals surface area (Å²) in [4.78, 5) is 10.6. The van der Waals surface area contributed by atoms with Crippen LogP contribution in [0.2, 0.25) is 0 Å². The monoisotopic (exact) mass is 187 g/mol. The molecule has 4 nitrogen and oxygen atoms in total. The lowest BCUT2D eigenvalue weighted by molar-refractivity contribution is 0.0694. The zero-order chi connectivity index (χ0) is 9.14. The molecule has 0 radical (unpaired) electrons. The SMILES string of the molecule is COCc1csc(N)c1C(=O)O. The van der Waals surface area contributed by atoms with Crippen molar-refractivity contribution < 1.29 is 14.6 Å². The summed E-state index contributed by atoms with van der Waals surface area (Å²) in [7, 11) is 1.51. The van der Waals surface area contributed by atoms with Crippen LogP contribution in [0.15, 0.2) is 5.38 Å². The Bertz CT molecular complexity index is 295. The van der Waals surface area contributed by atoms with Crippen molar-refractivity contribution in [2.75, 3.05) is 12.8 Å². The lowest BCUT2D eigenvalue weighted by Gasteiger charge is -1.98.